The van der Waals surface area contributed by atoms with Crippen LogP contribution in [-0.4, -0.2) is 47.1 Å². The van der Waals surface area contributed by atoms with Crippen LogP contribution < -0.4 is 5.32 Å². The average Bonchev–Trinajstić information content (AvgIpc) is 2.60. The van der Waals surface area contributed by atoms with E-state index in [-0.39, 0.29) is 24.5 Å². The highest BCUT2D eigenvalue weighted by Crippen LogP contribution is 2.22. The summed E-state index contributed by atoms with van der Waals surface area (Å²) in [7, 11) is 0. The first kappa shape index (κ1) is 8.50. The number of carbonyl (C=O) groups excluding carboxylic acids is 2. The van der Waals surface area contributed by atoms with Crippen LogP contribution in [0.15, 0.2) is 0 Å². The number of amides is 2. The zero-order valence-electron chi connectivity index (χ0n) is 7.19. The molecule has 0 aromatic carbocycles. The third-order valence-corrected chi connectivity index (χ3v) is 2.67. The van der Waals surface area contributed by atoms with Crippen molar-refractivity contribution in [1.82, 2.24) is 10.2 Å². The van der Waals surface area contributed by atoms with Crippen molar-refractivity contribution in [2.45, 2.75) is 24.9 Å². The molecule has 0 saturated carbocycles. The fourth-order valence-corrected chi connectivity index (χ4v) is 1.98. The molecule has 2 aliphatic rings. The summed E-state index contributed by atoms with van der Waals surface area (Å²) in [4.78, 5) is 24.5. The Morgan fingerprint density at radius 2 is 2.31 bits per heavy atom. The number of Topliss-reactive ketones (excluding diaryl/α,β-unsaturated/α-hetero) is 1. The summed E-state index contributed by atoms with van der Waals surface area (Å²) in [6.45, 7) is 0.356. The Morgan fingerprint density at radius 1 is 1.54 bits per heavy atom. The largest absolute Gasteiger partial charge is 0.394 e. The van der Waals surface area contributed by atoms with E-state index in [1.165, 1.54) is 0 Å². The monoisotopic (exact) mass is 184 g/mol. The number of carbonyl (C=O) groups is 2. The van der Waals surface area contributed by atoms with E-state index >= 15 is 0 Å². The predicted octanol–water partition coefficient (Wildman–Crippen LogP) is -0.896. The molecule has 13 heavy (non-hydrogen) atoms. The average molecular weight is 184 g/mol. The Labute approximate surface area is 75.7 Å². The molecule has 2 unspecified atom stereocenters. The van der Waals surface area contributed by atoms with E-state index in [1.807, 2.05) is 0 Å². The molecule has 72 valence electrons. The minimum absolute atomic E-state index is 0.0559. The van der Waals surface area contributed by atoms with E-state index < -0.39 is 6.04 Å². The highest BCUT2D eigenvalue weighted by Gasteiger charge is 2.42. The number of urea groups is 1. The smallest absolute Gasteiger partial charge is 0.318 e. The molecule has 5 heteroatoms. The van der Waals surface area contributed by atoms with Gasteiger partial charge in [0.15, 0.2) is 5.78 Å². The van der Waals surface area contributed by atoms with Gasteiger partial charge in [0.1, 0.15) is 6.04 Å². The molecule has 2 aliphatic heterocycles. The Bertz CT molecular complexity index is 254. The molecule has 2 amide bonds. The Kier molecular flexibility index (Phi) is 1.95. The van der Waals surface area contributed by atoms with E-state index in [0.29, 0.717) is 6.54 Å². The van der Waals surface area contributed by atoms with Crippen molar-refractivity contribution in [1.29, 1.82) is 0 Å². The Balaban J connectivity index is 2.19. The minimum atomic E-state index is -0.688. The summed E-state index contributed by atoms with van der Waals surface area (Å²) in [5.41, 5.74) is 0. The number of aliphatic hydroxyl groups is 1. The lowest BCUT2D eigenvalue weighted by Gasteiger charge is -2.33. The van der Waals surface area contributed by atoms with Gasteiger partial charge in [0.25, 0.3) is 0 Å². The number of fused-ring (bicyclic) bond motifs is 1. The van der Waals surface area contributed by atoms with Crippen molar-refractivity contribution >= 4 is 11.8 Å². The first-order chi connectivity index (χ1) is 6.24. The molecule has 2 saturated heterocycles. The van der Waals surface area contributed by atoms with Crippen LogP contribution in [-0.2, 0) is 4.79 Å². The van der Waals surface area contributed by atoms with Gasteiger partial charge in [-0.2, -0.15) is 0 Å². The maximum atomic E-state index is 11.6. The predicted molar refractivity (Wildman–Crippen MR) is 44.1 cm³/mol. The van der Waals surface area contributed by atoms with Gasteiger partial charge in [-0.1, -0.05) is 0 Å². The fraction of sp³-hybridized carbons (Fsp3) is 0.750. The van der Waals surface area contributed by atoms with Crippen molar-refractivity contribution in [2.75, 3.05) is 13.2 Å². The van der Waals surface area contributed by atoms with Crippen molar-refractivity contribution in [3.8, 4) is 0 Å². The standard InChI is InChI=1S/C8H12N2O3/c11-4-5-7(12)6-2-1-3-10(6)8(13)9-5/h5-6,11H,1-4H2,(H,9,13). The fourth-order valence-electron chi connectivity index (χ4n) is 1.98. The highest BCUT2D eigenvalue weighted by atomic mass is 16.3. The molecule has 0 aromatic rings. The molecule has 2 rings (SSSR count). The van der Waals surface area contributed by atoms with E-state index in [2.05, 4.69) is 5.32 Å². The normalized spacial score (nSPS) is 33.2. The first-order valence-electron chi connectivity index (χ1n) is 4.46. The van der Waals surface area contributed by atoms with Gasteiger partial charge < -0.3 is 15.3 Å². The van der Waals surface area contributed by atoms with Crippen LogP contribution in [0, 0.1) is 0 Å². The third kappa shape index (κ3) is 1.19. The SMILES string of the molecule is O=C1C(CO)NC(=O)N2CCCC12. The summed E-state index contributed by atoms with van der Waals surface area (Å²) < 4.78 is 0. The van der Waals surface area contributed by atoms with Gasteiger partial charge in [0.2, 0.25) is 0 Å². The van der Waals surface area contributed by atoms with Crippen LogP contribution in [0.3, 0.4) is 0 Å². The molecule has 2 heterocycles. The van der Waals surface area contributed by atoms with E-state index in [9.17, 15) is 9.59 Å². The number of hydrogen-bond acceptors (Lipinski definition) is 3. The molecule has 2 atom stereocenters. The quantitative estimate of drug-likeness (QED) is 0.555. The molecular weight excluding hydrogens is 172 g/mol. The second kappa shape index (κ2) is 2.99. The number of aliphatic hydroxyl groups excluding tert-OH is 1. The Hall–Kier alpha value is -1.10. The molecule has 0 radical (unpaired) electrons. The van der Waals surface area contributed by atoms with Crippen LogP contribution in [0.25, 0.3) is 0 Å². The van der Waals surface area contributed by atoms with Gasteiger partial charge in [-0.25, -0.2) is 4.79 Å². The number of nitrogens with one attached hydrogen (secondary N) is 1. The zero-order valence-corrected chi connectivity index (χ0v) is 7.19. The summed E-state index contributed by atoms with van der Waals surface area (Å²) in [6, 6.07) is -1.20. The highest BCUT2D eigenvalue weighted by molar-refractivity contribution is 5.98. The lowest BCUT2D eigenvalue weighted by molar-refractivity contribution is -0.126. The topological polar surface area (TPSA) is 69.6 Å². The van der Waals surface area contributed by atoms with Crippen LogP contribution in [0.4, 0.5) is 4.79 Å². The molecule has 0 spiro atoms. The van der Waals surface area contributed by atoms with Gasteiger partial charge in [-0.15, -0.1) is 0 Å². The number of hydrogen-bond donors (Lipinski definition) is 2. The summed E-state index contributed by atoms with van der Waals surface area (Å²) >= 11 is 0. The summed E-state index contributed by atoms with van der Waals surface area (Å²) in [5, 5.41) is 11.3. The van der Waals surface area contributed by atoms with Gasteiger partial charge >= 0.3 is 6.03 Å². The lowest BCUT2D eigenvalue weighted by Crippen LogP contribution is -2.61. The summed E-state index contributed by atoms with van der Waals surface area (Å²) in [6.07, 6.45) is 1.62. The van der Waals surface area contributed by atoms with Crippen molar-refractivity contribution < 1.29 is 14.7 Å². The van der Waals surface area contributed by atoms with E-state index in [0.717, 1.165) is 12.8 Å². The van der Waals surface area contributed by atoms with Gasteiger partial charge in [0, 0.05) is 6.54 Å². The summed E-state index contributed by atoms with van der Waals surface area (Å²) in [5.74, 6) is -0.0559. The molecule has 2 fully saturated rings. The van der Waals surface area contributed by atoms with Crippen LogP contribution in [0.5, 0.6) is 0 Å². The maximum absolute atomic E-state index is 11.6. The number of nitrogens with zero attached hydrogens (tertiary/aromatic N) is 1. The third-order valence-electron chi connectivity index (χ3n) is 2.67. The van der Waals surface area contributed by atoms with E-state index in [1.54, 1.807) is 4.90 Å². The minimum Gasteiger partial charge on any atom is -0.394 e. The second-order valence-electron chi connectivity index (χ2n) is 3.44. The van der Waals surface area contributed by atoms with Gasteiger partial charge in [-0.3, -0.25) is 4.79 Å². The second-order valence-corrected chi connectivity index (χ2v) is 3.44. The van der Waals surface area contributed by atoms with Crippen LogP contribution >= 0.6 is 0 Å². The lowest BCUT2D eigenvalue weighted by atomic mass is 10.0. The first-order valence-corrected chi connectivity index (χ1v) is 4.46. The number of rotatable bonds is 1. The Morgan fingerprint density at radius 3 is 3.00 bits per heavy atom. The molecule has 0 bridgehead atoms. The molecule has 2 N–H and O–H groups in total. The molecular formula is C8H12N2O3. The van der Waals surface area contributed by atoms with Crippen LogP contribution in [0.1, 0.15) is 12.8 Å². The number of ketones is 1. The van der Waals surface area contributed by atoms with Crippen molar-refractivity contribution in [2.24, 2.45) is 0 Å². The molecule has 0 aliphatic carbocycles. The van der Waals surface area contributed by atoms with Crippen molar-refractivity contribution in [3.63, 3.8) is 0 Å². The van der Waals surface area contributed by atoms with Crippen LogP contribution in [0.2, 0.25) is 0 Å². The van der Waals surface area contributed by atoms with Gasteiger partial charge in [0.05, 0.1) is 12.6 Å². The van der Waals surface area contributed by atoms with Gasteiger partial charge in [-0.05, 0) is 12.8 Å². The van der Waals surface area contributed by atoms with Crippen molar-refractivity contribution in [3.05, 3.63) is 0 Å². The molecule has 5 nitrogen and oxygen atoms in total. The molecule has 0 aromatic heterocycles. The maximum Gasteiger partial charge on any atom is 0.318 e. The zero-order chi connectivity index (χ0) is 9.42. The van der Waals surface area contributed by atoms with E-state index in [4.69, 9.17) is 5.11 Å².